The summed E-state index contributed by atoms with van der Waals surface area (Å²) in [5, 5.41) is 16.7. The van der Waals surface area contributed by atoms with Gasteiger partial charge in [0.15, 0.2) is 0 Å². The van der Waals surface area contributed by atoms with E-state index < -0.39 is 10.8 Å². The van der Waals surface area contributed by atoms with Crippen LogP contribution in [0.4, 0.5) is 17.1 Å². The van der Waals surface area contributed by atoms with E-state index in [9.17, 15) is 19.7 Å². The molecule has 8 heteroatoms. The van der Waals surface area contributed by atoms with Gasteiger partial charge in [0.1, 0.15) is 0 Å². The molecule has 0 spiro atoms. The highest BCUT2D eigenvalue weighted by atomic mass is 16.6. The fourth-order valence-corrected chi connectivity index (χ4v) is 4.13. The SMILES string of the molecule is CC1CCN(c2ccc(NC(=O)c3ccc([N+](=O)[O-])cc3)cc2C(=O)NCc2ccccc2)CC1. The first-order valence-corrected chi connectivity index (χ1v) is 11.7. The molecule has 2 N–H and O–H groups in total. The van der Waals surface area contributed by atoms with Crippen LogP contribution < -0.4 is 15.5 Å². The molecule has 3 aromatic rings. The van der Waals surface area contributed by atoms with Gasteiger partial charge in [0, 0.05) is 48.7 Å². The largest absolute Gasteiger partial charge is 0.371 e. The molecule has 0 bridgehead atoms. The van der Waals surface area contributed by atoms with Crippen molar-refractivity contribution in [2.24, 2.45) is 5.92 Å². The van der Waals surface area contributed by atoms with Crippen molar-refractivity contribution in [1.29, 1.82) is 0 Å². The Morgan fingerprint density at radius 3 is 2.31 bits per heavy atom. The maximum atomic E-state index is 13.2. The molecule has 4 rings (SSSR count). The van der Waals surface area contributed by atoms with Crippen LogP contribution in [0.3, 0.4) is 0 Å². The molecule has 0 radical (unpaired) electrons. The van der Waals surface area contributed by atoms with E-state index in [-0.39, 0.29) is 11.6 Å². The molecule has 0 atom stereocenters. The van der Waals surface area contributed by atoms with Gasteiger partial charge in [-0.3, -0.25) is 19.7 Å². The van der Waals surface area contributed by atoms with Gasteiger partial charge in [0.25, 0.3) is 17.5 Å². The Hall–Kier alpha value is -4.20. The van der Waals surface area contributed by atoms with Crippen molar-refractivity contribution in [2.75, 3.05) is 23.3 Å². The summed E-state index contributed by atoms with van der Waals surface area (Å²) in [6.45, 7) is 4.38. The van der Waals surface area contributed by atoms with Crippen molar-refractivity contribution in [1.82, 2.24) is 5.32 Å². The third kappa shape index (κ3) is 6.03. The first-order chi connectivity index (χ1) is 16.9. The molecule has 0 unspecified atom stereocenters. The minimum atomic E-state index is -0.512. The molecule has 0 aliphatic carbocycles. The Morgan fingerprint density at radius 2 is 1.66 bits per heavy atom. The molecule has 3 aromatic carbocycles. The zero-order valence-electron chi connectivity index (χ0n) is 19.6. The lowest BCUT2D eigenvalue weighted by Gasteiger charge is -2.33. The predicted octanol–water partition coefficient (Wildman–Crippen LogP) is 5.01. The second-order valence-electron chi connectivity index (χ2n) is 8.83. The highest BCUT2D eigenvalue weighted by Crippen LogP contribution is 2.29. The fraction of sp³-hybridized carbons (Fsp3) is 0.259. The number of rotatable bonds is 7. The van der Waals surface area contributed by atoms with Crippen LogP contribution in [0.5, 0.6) is 0 Å². The Balaban J connectivity index is 1.55. The van der Waals surface area contributed by atoms with Gasteiger partial charge in [0.2, 0.25) is 0 Å². The van der Waals surface area contributed by atoms with Crippen molar-refractivity contribution in [2.45, 2.75) is 26.3 Å². The molecular formula is C27H28N4O4. The standard InChI is InChI=1S/C27H28N4O4/c1-19-13-15-30(16-14-19)25-12-9-22(29-26(32)21-7-10-23(11-8-21)31(34)35)17-24(25)27(33)28-18-20-5-3-2-4-6-20/h2-12,17,19H,13-16,18H2,1H3,(H,28,33)(H,29,32). The second-order valence-corrected chi connectivity index (χ2v) is 8.83. The molecule has 180 valence electrons. The van der Waals surface area contributed by atoms with Crippen LogP contribution in [0.25, 0.3) is 0 Å². The van der Waals surface area contributed by atoms with Crippen LogP contribution in [0.15, 0.2) is 72.8 Å². The summed E-state index contributed by atoms with van der Waals surface area (Å²) >= 11 is 0. The topological polar surface area (TPSA) is 105 Å². The van der Waals surface area contributed by atoms with Gasteiger partial charge in [-0.2, -0.15) is 0 Å². The van der Waals surface area contributed by atoms with Crippen LogP contribution >= 0.6 is 0 Å². The van der Waals surface area contributed by atoms with Gasteiger partial charge in [-0.1, -0.05) is 37.3 Å². The number of carbonyl (C=O) groups is 2. The van der Waals surface area contributed by atoms with Crippen molar-refractivity contribution in [3.05, 3.63) is 99.6 Å². The molecule has 0 aromatic heterocycles. The number of nitrogens with zero attached hydrogens (tertiary/aromatic N) is 2. The summed E-state index contributed by atoms with van der Waals surface area (Å²) in [6, 6.07) is 20.4. The van der Waals surface area contributed by atoms with Gasteiger partial charge in [-0.05, 0) is 54.7 Å². The van der Waals surface area contributed by atoms with E-state index in [1.54, 1.807) is 12.1 Å². The van der Waals surface area contributed by atoms with Gasteiger partial charge >= 0.3 is 0 Å². The molecule has 1 aliphatic heterocycles. The summed E-state index contributed by atoms with van der Waals surface area (Å²) in [4.78, 5) is 38.5. The maximum Gasteiger partial charge on any atom is 0.269 e. The number of nitro groups is 1. The third-order valence-electron chi connectivity index (χ3n) is 6.26. The molecule has 1 aliphatic rings. The average molecular weight is 473 g/mol. The summed E-state index contributed by atoms with van der Waals surface area (Å²) < 4.78 is 0. The quantitative estimate of drug-likeness (QED) is 0.371. The lowest BCUT2D eigenvalue weighted by atomic mass is 9.97. The van der Waals surface area contributed by atoms with Crippen molar-refractivity contribution >= 4 is 28.9 Å². The molecular weight excluding hydrogens is 444 g/mol. The normalized spacial score (nSPS) is 13.8. The Kier molecular flexibility index (Phi) is 7.40. The number of benzene rings is 3. The zero-order chi connectivity index (χ0) is 24.8. The van der Waals surface area contributed by atoms with E-state index in [1.165, 1.54) is 24.3 Å². The molecule has 35 heavy (non-hydrogen) atoms. The molecule has 1 fully saturated rings. The maximum absolute atomic E-state index is 13.2. The number of non-ortho nitro benzene ring substituents is 1. The first kappa shape index (κ1) is 23.9. The molecule has 0 saturated carbocycles. The average Bonchev–Trinajstić information content (AvgIpc) is 2.88. The number of hydrogen-bond acceptors (Lipinski definition) is 5. The van der Waals surface area contributed by atoms with Crippen LogP contribution in [0, 0.1) is 16.0 Å². The lowest BCUT2D eigenvalue weighted by Crippen LogP contribution is -2.35. The van der Waals surface area contributed by atoms with E-state index in [2.05, 4.69) is 22.5 Å². The number of nitro benzene ring substituents is 1. The molecule has 8 nitrogen and oxygen atoms in total. The number of piperidine rings is 1. The van der Waals surface area contributed by atoms with Crippen molar-refractivity contribution < 1.29 is 14.5 Å². The summed E-state index contributed by atoms with van der Waals surface area (Å²) in [7, 11) is 0. The van der Waals surface area contributed by atoms with Crippen LogP contribution in [-0.4, -0.2) is 29.8 Å². The van der Waals surface area contributed by atoms with Gasteiger partial charge in [0.05, 0.1) is 10.5 Å². The second kappa shape index (κ2) is 10.8. The summed E-state index contributed by atoms with van der Waals surface area (Å²) in [5.74, 6) is 0.0332. The molecule has 2 amide bonds. The van der Waals surface area contributed by atoms with Crippen LogP contribution in [0.2, 0.25) is 0 Å². The number of carbonyl (C=O) groups excluding carboxylic acids is 2. The number of nitrogens with one attached hydrogen (secondary N) is 2. The Bertz CT molecular complexity index is 1200. The van der Waals surface area contributed by atoms with E-state index in [0.717, 1.165) is 37.2 Å². The summed E-state index contributed by atoms with van der Waals surface area (Å²) in [5.41, 5.74) is 3.02. The van der Waals surface area contributed by atoms with E-state index in [0.29, 0.717) is 29.3 Å². The summed E-state index contributed by atoms with van der Waals surface area (Å²) in [6.07, 6.45) is 2.12. The first-order valence-electron chi connectivity index (χ1n) is 11.7. The minimum Gasteiger partial charge on any atom is -0.371 e. The monoisotopic (exact) mass is 472 g/mol. The number of amides is 2. The molecule has 1 saturated heterocycles. The highest BCUT2D eigenvalue weighted by molar-refractivity contribution is 6.06. The number of anilines is 2. The zero-order valence-corrected chi connectivity index (χ0v) is 19.6. The van der Waals surface area contributed by atoms with Gasteiger partial charge in [-0.15, -0.1) is 0 Å². The van der Waals surface area contributed by atoms with E-state index >= 15 is 0 Å². The van der Waals surface area contributed by atoms with Gasteiger partial charge < -0.3 is 15.5 Å². The predicted molar refractivity (Wildman–Crippen MR) is 136 cm³/mol. The third-order valence-corrected chi connectivity index (χ3v) is 6.26. The Morgan fingerprint density at radius 1 is 0.971 bits per heavy atom. The van der Waals surface area contributed by atoms with E-state index in [4.69, 9.17) is 0 Å². The highest BCUT2D eigenvalue weighted by Gasteiger charge is 2.22. The van der Waals surface area contributed by atoms with E-state index in [1.807, 2.05) is 36.4 Å². The van der Waals surface area contributed by atoms with Gasteiger partial charge in [-0.25, -0.2) is 0 Å². The van der Waals surface area contributed by atoms with Crippen LogP contribution in [-0.2, 0) is 6.54 Å². The van der Waals surface area contributed by atoms with Crippen LogP contribution in [0.1, 0.15) is 46.0 Å². The fourth-order valence-electron chi connectivity index (χ4n) is 4.13. The molecule has 1 heterocycles. The smallest absolute Gasteiger partial charge is 0.269 e. The van der Waals surface area contributed by atoms with Crippen molar-refractivity contribution in [3.63, 3.8) is 0 Å². The Labute approximate surface area is 204 Å². The van der Waals surface area contributed by atoms with Crippen molar-refractivity contribution in [3.8, 4) is 0 Å². The minimum absolute atomic E-state index is 0.0841. The lowest BCUT2D eigenvalue weighted by molar-refractivity contribution is -0.384. The number of hydrogen-bond donors (Lipinski definition) is 2.